The summed E-state index contributed by atoms with van der Waals surface area (Å²) in [6.45, 7) is 0. The van der Waals surface area contributed by atoms with Crippen molar-refractivity contribution in [2.24, 2.45) is 0 Å². The average Bonchev–Trinajstić information content (AvgIpc) is 3.07. The lowest BCUT2D eigenvalue weighted by Gasteiger charge is -2.39. The van der Waals surface area contributed by atoms with Crippen molar-refractivity contribution < 1.29 is 0 Å². The molecule has 3 aliphatic carbocycles. The molecular weight excluding hydrogens is 283 g/mol. The van der Waals surface area contributed by atoms with Crippen LogP contribution in [-0.4, -0.2) is 11.3 Å². The highest BCUT2D eigenvalue weighted by Crippen LogP contribution is 2.55. The van der Waals surface area contributed by atoms with Gasteiger partial charge in [-0.1, -0.05) is 64.6 Å². The van der Waals surface area contributed by atoms with E-state index in [2.05, 4.69) is 18.2 Å². The van der Waals surface area contributed by atoms with E-state index < -0.39 is 0 Å². The Kier molecular flexibility index (Phi) is 4.86. The Morgan fingerprint density at radius 3 is 1.95 bits per heavy atom. The fraction of sp³-hybridized carbons (Fsp3) is 0.714. The highest BCUT2D eigenvalue weighted by atomic mass is 31.1. The summed E-state index contributed by atoms with van der Waals surface area (Å²) in [7, 11) is 0.105. The molecule has 3 aliphatic rings. The molecule has 22 heavy (non-hydrogen) atoms. The van der Waals surface area contributed by atoms with Gasteiger partial charge >= 0.3 is 0 Å². The van der Waals surface area contributed by atoms with Gasteiger partial charge in [0.1, 0.15) is 0 Å². The molecule has 4 rings (SSSR count). The smallest absolute Gasteiger partial charge is 0.0166 e. The second-order valence-corrected chi connectivity index (χ2v) is 10.5. The molecule has 0 atom stereocenters. The maximum Gasteiger partial charge on any atom is -0.0166 e. The normalized spacial score (nSPS) is 23.9. The lowest BCUT2D eigenvalue weighted by Crippen LogP contribution is -2.27. The van der Waals surface area contributed by atoms with Gasteiger partial charge in [-0.3, -0.25) is 0 Å². The summed E-state index contributed by atoms with van der Waals surface area (Å²) in [6, 6.07) is 7.36. The quantitative estimate of drug-likeness (QED) is 0.605. The summed E-state index contributed by atoms with van der Waals surface area (Å²) in [5, 5.41) is 1.86. The summed E-state index contributed by atoms with van der Waals surface area (Å²) in [5.41, 5.74) is 5.62. The van der Waals surface area contributed by atoms with Crippen molar-refractivity contribution in [2.45, 2.75) is 94.8 Å². The van der Waals surface area contributed by atoms with Gasteiger partial charge in [0.15, 0.2) is 0 Å². The summed E-state index contributed by atoms with van der Waals surface area (Å²) in [6.07, 6.45) is 19.3. The molecule has 1 aromatic rings. The predicted molar refractivity (Wildman–Crippen MR) is 98.8 cm³/mol. The number of benzene rings is 1. The van der Waals surface area contributed by atoms with Gasteiger partial charge in [0.2, 0.25) is 0 Å². The highest BCUT2D eigenvalue weighted by Gasteiger charge is 2.34. The second-order valence-electron chi connectivity index (χ2n) is 7.76. The van der Waals surface area contributed by atoms with Crippen LogP contribution in [0, 0.1) is 0 Å². The van der Waals surface area contributed by atoms with E-state index in [1.807, 2.05) is 10.9 Å². The van der Waals surface area contributed by atoms with Crippen LogP contribution in [0.1, 0.15) is 81.8 Å². The molecule has 0 N–H and O–H groups in total. The van der Waals surface area contributed by atoms with Gasteiger partial charge in [-0.05, 0) is 72.7 Å². The Morgan fingerprint density at radius 1 is 0.682 bits per heavy atom. The second kappa shape index (κ2) is 7.04. The predicted octanol–water partition coefficient (Wildman–Crippen LogP) is 5.95. The van der Waals surface area contributed by atoms with E-state index in [0.717, 1.165) is 11.3 Å². The Hall–Kier alpha value is -0.350. The van der Waals surface area contributed by atoms with Gasteiger partial charge in [0.05, 0.1) is 0 Å². The van der Waals surface area contributed by atoms with Crippen molar-refractivity contribution in [2.75, 3.05) is 0 Å². The molecule has 0 amide bonds. The lowest BCUT2D eigenvalue weighted by molar-refractivity contribution is 0.487. The van der Waals surface area contributed by atoms with Crippen molar-refractivity contribution in [3.05, 3.63) is 29.3 Å². The van der Waals surface area contributed by atoms with E-state index in [1.165, 1.54) is 83.5 Å². The molecule has 0 nitrogen and oxygen atoms in total. The molecule has 0 bridgehead atoms. The van der Waals surface area contributed by atoms with Crippen LogP contribution >= 0.6 is 7.92 Å². The van der Waals surface area contributed by atoms with Gasteiger partial charge in [-0.25, -0.2) is 0 Å². The number of aryl methyl sites for hydroxylation is 1. The first kappa shape index (κ1) is 15.2. The molecule has 0 aliphatic heterocycles. The van der Waals surface area contributed by atoms with E-state index in [-0.39, 0.29) is 7.92 Å². The van der Waals surface area contributed by atoms with Crippen molar-refractivity contribution in [1.29, 1.82) is 0 Å². The largest absolute Gasteiger partial charge is 0.0686 e. The van der Waals surface area contributed by atoms with Gasteiger partial charge in [-0.2, -0.15) is 0 Å². The molecule has 1 aromatic carbocycles. The van der Waals surface area contributed by atoms with E-state index in [1.54, 1.807) is 5.56 Å². The molecule has 1 heteroatoms. The van der Waals surface area contributed by atoms with Crippen LogP contribution in [0.3, 0.4) is 0 Å². The van der Waals surface area contributed by atoms with E-state index in [9.17, 15) is 0 Å². The zero-order valence-electron chi connectivity index (χ0n) is 14.0. The third-order valence-electron chi connectivity index (χ3n) is 6.34. The minimum absolute atomic E-state index is 0.105. The molecule has 2 saturated carbocycles. The van der Waals surface area contributed by atoms with Gasteiger partial charge in [0.25, 0.3) is 0 Å². The zero-order valence-corrected chi connectivity index (χ0v) is 14.9. The molecule has 0 radical (unpaired) electrons. The van der Waals surface area contributed by atoms with Crippen LogP contribution in [0.25, 0.3) is 0 Å². The number of hydrogen-bond donors (Lipinski definition) is 0. The Balaban J connectivity index is 1.68. The maximum atomic E-state index is 2.55. The van der Waals surface area contributed by atoms with Crippen molar-refractivity contribution in [3.8, 4) is 0 Å². The summed E-state index contributed by atoms with van der Waals surface area (Å²) >= 11 is 0. The van der Waals surface area contributed by atoms with Crippen LogP contribution in [0.15, 0.2) is 18.2 Å². The summed E-state index contributed by atoms with van der Waals surface area (Å²) < 4.78 is 0. The Morgan fingerprint density at radius 2 is 1.32 bits per heavy atom. The van der Waals surface area contributed by atoms with Gasteiger partial charge < -0.3 is 0 Å². The van der Waals surface area contributed by atoms with Crippen LogP contribution in [-0.2, 0) is 12.8 Å². The summed E-state index contributed by atoms with van der Waals surface area (Å²) in [5.74, 6) is 0. The van der Waals surface area contributed by atoms with Crippen LogP contribution < -0.4 is 5.30 Å². The molecule has 0 aromatic heterocycles. The van der Waals surface area contributed by atoms with E-state index in [0.29, 0.717) is 0 Å². The number of rotatable bonds is 3. The first-order valence-electron chi connectivity index (χ1n) is 9.82. The average molecular weight is 314 g/mol. The minimum atomic E-state index is 0.105. The van der Waals surface area contributed by atoms with Crippen molar-refractivity contribution >= 4 is 13.2 Å². The molecule has 120 valence electrons. The highest BCUT2D eigenvalue weighted by molar-refractivity contribution is 7.67. The van der Waals surface area contributed by atoms with E-state index in [4.69, 9.17) is 0 Å². The molecule has 0 spiro atoms. The molecule has 2 fully saturated rings. The standard InChI is InChI=1S/C21H31P/c1-3-11-18(12-4-1)22(19-13-5-2-6-14-19)21-16-8-10-17-9-7-15-20(17)21/h8,10,16,18-19H,1-7,9,11-15H2. The summed E-state index contributed by atoms with van der Waals surface area (Å²) in [4.78, 5) is 0. The van der Waals surface area contributed by atoms with Crippen LogP contribution in [0.2, 0.25) is 0 Å². The SMILES string of the molecule is c1cc2c(c(P(C3CCCCC3)C3CCCCC3)c1)CCC2. The van der Waals surface area contributed by atoms with Crippen LogP contribution in [0.4, 0.5) is 0 Å². The fourth-order valence-electron chi connectivity index (χ4n) is 5.25. The maximum absolute atomic E-state index is 2.55. The first-order valence-corrected chi connectivity index (χ1v) is 11.3. The molecular formula is C21H31P. The topological polar surface area (TPSA) is 0 Å². The number of hydrogen-bond acceptors (Lipinski definition) is 0. The third-order valence-corrected chi connectivity index (χ3v) is 9.92. The lowest BCUT2D eigenvalue weighted by atomic mass is 9.99. The molecule has 0 heterocycles. The van der Waals surface area contributed by atoms with Gasteiger partial charge in [-0.15, -0.1) is 0 Å². The monoisotopic (exact) mass is 314 g/mol. The zero-order chi connectivity index (χ0) is 14.8. The van der Waals surface area contributed by atoms with Gasteiger partial charge in [0, 0.05) is 0 Å². The van der Waals surface area contributed by atoms with Crippen molar-refractivity contribution in [1.82, 2.24) is 0 Å². The first-order chi connectivity index (χ1) is 10.9. The van der Waals surface area contributed by atoms with Crippen LogP contribution in [0.5, 0.6) is 0 Å². The fourth-order valence-corrected chi connectivity index (χ4v) is 9.30. The van der Waals surface area contributed by atoms with Crippen molar-refractivity contribution in [3.63, 3.8) is 0 Å². The Bertz CT molecular complexity index is 477. The molecule has 0 unspecified atom stereocenters. The molecule has 0 saturated heterocycles. The Labute approximate surface area is 137 Å². The minimum Gasteiger partial charge on any atom is -0.0686 e. The third kappa shape index (κ3) is 3.01. The van der Waals surface area contributed by atoms with E-state index >= 15 is 0 Å². The number of fused-ring (bicyclic) bond motifs is 1.